The Bertz CT molecular complexity index is 703. The number of amides is 1. The lowest BCUT2D eigenvalue weighted by atomic mass is 10.1. The topological polar surface area (TPSA) is 55.4 Å². The monoisotopic (exact) mass is 395 g/mol. The fraction of sp³-hybridized carbons (Fsp3) is 0.176. The molecule has 2 aromatic carbocycles. The quantitative estimate of drug-likeness (QED) is 0.786. The molecular formula is C17H15BrClNO3. The molecule has 0 unspecified atom stereocenters. The lowest BCUT2D eigenvalue weighted by Gasteiger charge is -2.17. The van der Waals surface area contributed by atoms with Gasteiger partial charge in [0.2, 0.25) is 0 Å². The lowest BCUT2D eigenvalue weighted by molar-refractivity contribution is -0.142. The third kappa shape index (κ3) is 5.08. The first-order valence-corrected chi connectivity index (χ1v) is 8.05. The van der Waals surface area contributed by atoms with Gasteiger partial charge in [0.05, 0.1) is 7.11 Å². The molecular weight excluding hydrogens is 382 g/mol. The zero-order valence-electron chi connectivity index (χ0n) is 12.4. The minimum absolute atomic E-state index is 0.323. The zero-order valence-corrected chi connectivity index (χ0v) is 14.7. The van der Waals surface area contributed by atoms with E-state index < -0.39 is 12.0 Å². The van der Waals surface area contributed by atoms with E-state index in [-0.39, 0.29) is 5.91 Å². The van der Waals surface area contributed by atoms with Gasteiger partial charge in [-0.05, 0) is 35.9 Å². The number of ether oxygens (including phenoxy) is 1. The van der Waals surface area contributed by atoms with Gasteiger partial charge in [-0.15, -0.1) is 0 Å². The normalized spacial score (nSPS) is 11.6. The number of rotatable bonds is 5. The summed E-state index contributed by atoms with van der Waals surface area (Å²) >= 11 is 9.17. The number of methoxy groups -OCH3 is 1. The summed E-state index contributed by atoms with van der Waals surface area (Å²) in [7, 11) is 1.29. The van der Waals surface area contributed by atoms with E-state index in [2.05, 4.69) is 21.2 Å². The van der Waals surface area contributed by atoms with E-state index in [4.69, 9.17) is 16.3 Å². The van der Waals surface area contributed by atoms with E-state index >= 15 is 0 Å². The molecule has 0 spiro atoms. The van der Waals surface area contributed by atoms with Crippen molar-refractivity contribution in [2.24, 2.45) is 0 Å². The van der Waals surface area contributed by atoms with Crippen LogP contribution in [0.5, 0.6) is 0 Å². The van der Waals surface area contributed by atoms with E-state index in [1.54, 1.807) is 30.3 Å². The predicted molar refractivity (Wildman–Crippen MR) is 92.6 cm³/mol. The molecule has 0 heterocycles. The SMILES string of the molecule is COC(=O)[C@H](Cc1ccc(Cl)cc1)NC(=O)c1cccc(Br)c1. The van der Waals surface area contributed by atoms with Crippen LogP contribution in [0.15, 0.2) is 53.0 Å². The third-order valence-corrected chi connectivity index (χ3v) is 3.98. The average Bonchev–Trinajstić information content (AvgIpc) is 2.55. The zero-order chi connectivity index (χ0) is 16.8. The summed E-state index contributed by atoms with van der Waals surface area (Å²) < 4.78 is 5.57. The number of hydrogen-bond acceptors (Lipinski definition) is 3. The van der Waals surface area contributed by atoms with Crippen LogP contribution in [0.25, 0.3) is 0 Å². The Hall–Kier alpha value is -1.85. The Morgan fingerprint density at radius 2 is 1.91 bits per heavy atom. The Morgan fingerprint density at radius 3 is 2.52 bits per heavy atom. The molecule has 0 aliphatic carbocycles. The number of benzene rings is 2. The van der Waals surface area contributed by atoms with Gasteiger partial charge in [-0.1, -0.05) is 45.7 Å². The minimum Gasteiger partial charge on any atom is -0.467 e. The van der Waals surface area contributed by atoms with Crippen LogP contribution in [0.4, 0.5) is 0 Å². The molecule has 0 saturated carbocycles. The van der Waals surface area contributed by atoms with Crippen LogP contribution < -0.4 is 5.32 Å². The number of hydrogen-bond donors (Lipinski definition) is 1. The summed E-state index contributed by atoms with van der Waals surface area (Å²) in [5, 5.41) is 3.32. The smallest absolute Gasteiger partial charge is 0.328 e. The second-order valence-electron chi connectivity index (χ2n) is 4.89. The molecule has 0 fully saturated rings. The Labute approximate surface area is 147 Å². The molecule has 2 aromatic rings. The second-order valence-corrected chi connectivity index (χ2v) is 6.24. The fourth-order valence-corrected chi connectivity index (χ4v) is 2.59. The van der Waals surface area contributed by atoms with Crippen molar-refractivity contribution in [3.8, 4) is 0 Å². The van der Waals surface area contributed by atoms with E-state index in [1.807, 2.05) is 18.2 Å². The highest BCUT2D eigenvalue weighted by Gasteiger charge is 2.22. The molecule has 1 amide bonds. The molecule has 4 nitrogen and oxygen atoms in total. The largest absolute Gasteiger partial charge is 0.467 e. The van der Waals surface area contributed by atoms with Crippen molar-refractivity contribution in [1.82, 2.24) is 5.32 Å². The van der Waals surface area contributed by atoms with Crippen LogP contribution >= 0.6 is 27.5 Å². The van der Waals surface area contributed by atoms with Gasteiger partial charge in [-0.3, -0.25) is 4.79 Å². The van der Waals surface area contributed by atoms with Gasteiger partial charge in [0.15, 0.2) is 0 Å². The van der Waals surface area contributed by atoms with Crippen LogP contribution in [0.2, 0.25) is 5.02 Å². The second kappa shape index (κ2) is 8.13. The van der Waals surface area contributed by atoms with E-state index in [9.17, 15) is 9.59 Å². The summed E-state index contributed by atoms with van der Waals surface area (Å²) in [6.07, 6.45) is 0.323. The van der Waals surface area contributed by atoms with Crippen LogP contribution in [0.1, 0.15) is 15.9 Å². The van der Waals surface area contributed by atoms with Crippen LogP contribution in [0.3, 0.4) is 0 Å². The first-order chi connectivity index (χ1) is 11.0. The molecule has 0 aromatic heterocycles. The van der Waals surface area contributed by atoms with Crippen molar-refractivity contribution >= 4 is 39.4 Å². The number of carbonyl (C=O) groups excluding carboxylic acids is 2. The molecule has 1 N–H and O–H groups in total. The van der Waals surface area contributed by atoms with E-state index in [0.717, 1.165) is 10.0 Å². The molecule has 0 saturated heterocycles. The lowest BCUT2D eigenvalue weighted by Crippen LogP contribution is -2.43. The van der Waals surface area contributed by atoms with Gasteiger partial charge < -0.3 is 10.1 Å². The van der Waals surface area contributed by atoms with Gasteiger partial charge in [0, 0.05) is 21.5 Å². The molecule has 120 valence electrons. The van der Waals surface area contributed by atoms with Crippen molar-refractivity contribution in [3.05, 3.63) is 69.2 Å². The minimum atomic E-state index is -0.771. The molecule has 2 rings (SSSR count). The standard InChI is InChI=1S/C17H15BrClNO3/c1-23-17(22)15(9-11-5-7-14(19)8-6-11)20-16(21)12-3-2-4-13(18)10-12/h2-8,10,15H,9H2,1H3,(H,20,21)/t15-/m0/s1. The first kappa shape index (κ1) is 17.5. The van der Waals surface area contributed by atoms with Gasteiger partial charge >= 0.3 is 5.97 Å². The summed E-state index contributed by atoms with van der Waals surface area (Å²) in [4.78, 5) is 24.3. The Kier molecular flexibility index (Phi) is 6.19. The maximum atomic E-state index is 12.3. The highest BCUT2D eigenvalue weighted by Crippen LogP contribution is 2.14. The van der Waals surface area contributed by atoms with Crippen LogP contribution in [0, 0.1) is 0 Å². The highest BCUT2D eigenvalue weighted by atomic mass is 79.9. The van der Waals surface area contributed by atoms with Gasteiger partial charge in [-0.2, -0.15) is 0 Å². The first-order valence-electron chi connectivity index (χ1n) is 6.88. The Morgan fingerprint density at radius 1 is 1.22 bits per heavy atom. The van der Waals surface area contributed by atoms with E-state index in [0.29, 0.717) is 17.0 Å². The fourth-order valence-electron chi connectivity index (χ4n) is 2.06. The number of nitrogens with one attached hydrogen (secondary N) is 1. The van der Waals surface area contributed by atoms with Crippen molar-refractivity contribution in [3.63, 3.8) is 0 Å². The summed E-state index contributed by atoms with van der Waals surface area (Å²) in [5.74, 6) is -0.834. The summed E-state index contributed by atoms with van der Waals surface area (Å²) in [6, 6.07) is 13.3. The van der Waals surface area contributed by atoms with Crippen LogP contribution in [-0.2, 0) is 16.0 Å². The molecule has 0 aliphatic rings. The highest BCUT2D eigenvalue weighted by molar-refractivity contribution is 9.10. The molecule has 0 aliphatic heterocycles. The molecule has 0 bridgehead atoms. The number of esters is 1. The van der Waals surface area contributed by atoms with Crippen molar-refractivity contribution < 1.29 is 14.3 Å². The van der Waals surface area contributed by atoms with Gasteiger partial charge in [0.1, 0.15) is 6.04 Å². The molecule has 6 heteroatoms. The van der Waals surface area contributed by atoms with Crippen molar-refractivity contribution in [2.75, 3.05) is 7.11 Å². The maximum Gasteiger partial charge on any atom is 0.328 e. The van der Waals surface area contributed by atoms with Gasteiger partial charge in [0.25, 0.3) is 5.91 Å². The van der Waals surface area contributed by atoms with Crippen molar-refractivity contribution in [1.29, 1.82) is 0 Å². The van der Waals surface area contributed by atoms with Crippen LogP contribution in [-0.4, -0.2) is 25.0 Å². The predicted octanol–water partition coefficient (Wildman–Crippen LogP) is 3.62. The number of halogens is 2. The molecule has 0 radical (unpaired) electrons. The molecule has 1 atom stereocenters. The summed E-state index contributed by atoms with van der Waals surface area (Å²) in [5.41, 5.74) is 1.34. The average molecular weight is 397 g/mol. The maximum absolute atomic E-state index is 12.3. The van der Waals surface area contributed by atoms with Gasteiger partial charge in [-0.25, -0.2) is 4.79 Å². The number of carbonyl (C=O) groups is 2. The molecule has 23 heavy (non-hydrogen) atoms. The summed E-state index contributed by atoms with van der Waals surface area (Å²) in [6.45, 7) is 0. The van der Waals surface area contributed by atoms with Crippen molar-refractivity contribution in [2.45, 2.75) is 12.5 Å². The third-order valence-electron chi connectivity index (χ3n) is 3.23. The van der Waals surface area contributed by atoms with E-state index in [1.165, 1.54) is 7.11 Å². The Balaban J connectivity index is 2.13.